The van der Waals surface area contributed by atoms with Gasteiger partial charge in [-0.05, 0) is 6.42 Å². The zero-order chi connectivity index (χ0) is 9.14. The van der Waals surface area contributed by atoms with Gasteiger partial charge in [0.25, 0.3) is 0 Å². The van der Waals surface area contributed by atoms with Crippen LogP contribution in [0, 0.1) is 0 Å². The summed E-state index contributed by atoms with van der Waals surface area (Å²) < 4.78 is 4.54. The van der Waals surface area contributed by atoms with Gasteiger partial charge in [-0.3, -0.25) is 9.80 Å². The Morgan fingerprint density at radius 3 is 2.75 bits per heavy atom. The molecular weight excluding hydrogens is 160 g/mol. The van der Waals surface area contributed by atoms with E-state index in [1.165, 1.54) is 19.0 Å². The Hall–Kier alpha value is -1.10. The van der Waals surface area contributed by atoms with Crippen LogP contribution in [0.15, 0.2) is 0 Å². The molecule has 1 unspecified atom stereocenters. The predicted octanol–water partition coefficient (Wildman–Crippen LogP) is -0.715. The third kappa shape index (κ3) is 1.55. The van der Waals surface area contributed by atoms with E-state index >= 15 is 0 Å². The number of ether oxygens (including phenoxy) is 1. The normalized spacial score (nSPS) is 22.5. The van der Waals surface area contributed by atoms with Crippen molar-refractivity contribution >= 4 is 11.9 Å². The zero-order valence-corrected chi connectivity index (χ0v) is 7.16. The topological polar surface area (TPSA) is 58.6 Å². The number of hydrogen-bond donors (Lipinski definition) is 1. The van der Waals surface area contributed by atoms with Crippen LogP contribution in [0.2, 0.25) is 0 Å². The highest BCUT2D eigenvalue weighted by Crippen LogP contribution is 2.09. The summed E-state index contributed by atoms with van der Waals surface area (Å²) in [5.74, 6) is -0.530. The minimum absolute atomic E-state index is 0.164. The van der Waals surface area contributed by atoms with Gasteiger partial charge in [0, 0.05) is 13.5 Å². The van der Waals surface area contributed by atoms with E-state index in [0.717, 1.165) is 0 Å². The average Bonchev–Trinajstić information content (AvgIpc) is 2.50. The van der Waals surface area contributed by atoms with Gasteiger partial charge in [-0.25, -0.2) is 10.2 Å². The van der Waals surface area contributed by atoms with E-state index in [1.807, 2.05) is 0 Å². The summed E-state index contributed by atoms with van der Waals surface area (Å²) in [5, 5.41) is 1.31. The van der Waals surface area contributed by atoms with E-state index in [1.54, 1.807) is 0 Å². The molecule has 0 radical (unpaired) electrons. The van der Waals surface area contributed by atoms with Crippen LogP contribution in [-0.2, 0) is 14.3 Å². The second-order valence-corrected chi connectivity index (χ2v) is 2.62. The molecule has 5 heteroatoms. The molecule has 1 aliphatic rings. The molecule has 1 atom stereocenters. The maximum Gasteiger partial charge on any atom is 0.330 e. The first-order valence-electron chi connectivity index (χ1n) is 3.78. The first kappa shape index (κ1) is 8.99. The third-order valence-electron chi connectivity index (χ3n) is 1.82. The van der Waals surface area contributed by atoms with Crippen LogP contribution in [0.3, 0.4) is 0 Å². The number of nitrogens with one attached hydrogen (secondary N) is 1. The number of esters is 1. The molecule has 0 bridgehead atoms. The van der Waals surface area contributed by atoms with Gasteiger partial charge in [-0.1, -0.05) is 0 Å². The van der Waals surface area contributed by atoms with Gasteiger partial charge >= 0.3 is 5.97 Å². The largest absolute Gasteiger partial charge is 0.467 e. The lowest BCUT2D eigenvalue weighted by molar-refractivity contribution is -0.152. The van der Waals surface area contributed by atoms with Crippen molar-refractivity contribution in [3.8, 4) is 0 Å². The van der Waals surface area contributed by atoms with E-state index in [9.17, 15) is 9.59 Å². The minimum atomic E-state index is -0.451. The number of hydrazine groups is 1. The molecule has 1 fully saturated rings. The van der Waals surface area contributed by atoms with Crippen LogP contribution in [-0.4, -0.2) is 36.6 Å². The summed E-state index contributed by atoms with van der Waals surface area (Å²) in [5.41, 5.74) is 2.80. The Balaban J connectivity index is 2.63. The second-order valence-electron chi connectivity index (χ2n) is 2.62. The number of methoxy groups -OCH3 is 1. The lowest BCUT2D eigenvalue weighted by Gasteiger charge is -2.19. The fourth-order valence-electron chi connectivity index (χ4n) is 1.25. The van der Waals surface area contributed by atoms with Crippen molar-refractivity contribution in [2.45, 2.75) is 19.4 Å². The molecule has 1 amide bonds. The Morgan fingerprint density at radius 2 is 2.25 bits per heavy atom. The summed E-state index contributed by atoms with van der Waals surface area (Å²) in [4.78, 5) is 22.0. The molecule has 1 saturated heterocycles. The van der Waals surface area contributed by atoms with Gasteiger partial charge < -0.3 is 4.74 Å². The predicted molar refractivity (Wildman–Crippen MR) is 40.9 cm³/mol. The first-order chi connectivity index (χ1) is 5.66. The molecule has 1 heterocycles. The molecular formula is C7H12N2O3. The molecule has 1 rings (SSSR count). The van der Waals surface area contributed by atoms with Gasteiger partial charge in [0.15, 0.2) is 0 Å². The Morgan fingerprint density at radius 1 is 1.58 bits per heavy atom. The lowest BCUT2D eigenvalue weighted by Crippen LogP contribution is -2.45. The monoisotopic (exact) mass is 172 g/mol. The van der Waals surface area contributed by atoms with Crippen molar-refractivity contribution in [1.29, 1.82) is 0 Å². The van der Waals surface area contributed by atoms with Crippen molar-refractivity contribution < 1.29 is 14.3 Å². The molecule has 0 aromatic heterocycles. The summed E-state index contributed by atoms with van der Waals surface area (Å²) in [6.07, 6.45) is 0.617. The Bertz CT molecular complexity index is 205. The first-order valence-corrected chi connectivity index (χ1v) is 3.78. The maximum atomic E-state index is 11.1. The quantitative estimate of drug-likeness (QED) is 0.530. The molecule has 1 aliphatic heterocycles. The molecule has 0 aromatic rings. The summed E-state index contributed by atoms with van der Waals surface area (Å²) in [6.45, 7) is 2.05. The highest BCUT2D eigenvalue weighted by atomic mass is 16.5. The van der Waals surface area contributed by atoms with Crippen LogP contribution < -0.4 is 5.43 Å². The Labute approximate surface area is 70.6 Å². The van der Waals surface area contributed by atoms with Crippen LogP contribution in [0.5, 0.6) is 0 Å². The van der Waals surface area contributed by atoms with E-state index in [2.05, 4.69) is 10.2 Å². The third-order valence-corrected chi connectivity index (χ3v) is 1.82. The van der Waals surface area contributed by atoms with E-state index in [0.29, 0.717) is 13.0 Å². The van der Waals surface area contributed by atoms with Crippen LogP contribution in [0.25, 0.3) is 0 Å². The van der Waals surface area contributed by atoms with Crippen molar-refractivity contribution in [3.05, 3.63) is 0 Å². The van der Waals surface area contributed by atoms with Crippen molar-refractivity contribution in [2.75, 3.05) is 13.7 Å². The molecule has 1 N–H and O–H groups in total. The number of hydrogen-bond acceptors (Lipinski definition) is 4. The van der Waals surface area contributed by atoms with E-state index in [4.69, 9.17) is 0 Å². The van der Waals surface area contributed by atoms with Crippen LogP contribution >= 0.6 is 0 Å². The van der Waals surface area contributed by atoms with Crippen LogP contribution in [0.4, 0.5) is 0 Å². The second kappa shape index (κ2) is 3.53. The van der Waals surface area contributed by atoms with Gasteiger partial charge in [0.1, 0.15) is 6.04 Å². The van der Waals surface area contributed by atoms with Crippen LogP contribution in [0.1, 0.15) is 13.3 Å². The number of carbonyl (C=O) groups is 2. The van der Waals surface area contributed by atoms with Gasteiger partial charge in [0.2, 0.25) is 5.91 Å². The Kier molecular flexibility index (Phi) is 2.65. The number of carbonyl (C=O) groups excluding carboxylic acids is 2. The molecule has 0 spiro atoms. The number of amides is 1. The summed E-state index contributed by atoms with van der Waals surface area (Å²) >= 11 is 0. The molecule has 0 saturated carbocycles. The molecule has 68 valence electrons. The van der Waals surface area contributed by atoms with Crippen molar-refractivity contribution in [2.24, 2.45) is 0 Å². The highest BCUT2D eigenvalue weighted by Gasteiger charge is 2.32. The number of rotatable bonds is 1. The fraction of sp³-hybridized carbons (Fsp3) is 0.714. The van der Waals surface area contributed by atoms with Gasteiger partial charge in [0.05, 0.1) is 7.11 Å². The van der Waals surface area contributed by atoms with E-state index in [-0.39, 0.29) is 11.9 Å². The molecule has 0 aromatic carbocycles. The SMILES string of the molecule is COC(=O)C1CCNN1C(C)=O. The fourth-order valence-corrected chi connectivity index (χ4v) is 1.25. The van der Waals surface area contributed by atoms with E-state index < -0.39 is 6.04 Å². The smallest absolute Gasteiger partial charge is 0.330 e. The van der Waals surface area contributed by atoms with Gasteiger partial charge in [-0.15, -0.1) is 0 Å². The summed E-state index contributed by atoms with van der Waals surface area (Å²) in [7, 11) is 1.32. The minimum Gasteiger partial charge on any atom is -0.467 e. The van der Waals surface area contributed by atoms with Crippen molar-refractivity contribution in [3.63, 3.8) is 0 Å². The highest BCUT2D eigenvalue weighted by molar-refractivity contribution is 5.83. The molecule has 0 aliphatic carbocycles. The zero-order valence-electron chi connectivity index (χ0n) is 7.16. The maximum absolute atomic E-state index is 11.1. The summed E-state index contributed by atoms with van der Waals surface area (Å²) in [6, 6.07) is -0.451. The standard InChI is InChI=1S/C7H12N2O3/c1-5(10)9-6(3-4-8-9)7(11)12-2/h6,8H,3-4H2,1-2H3. The van der Waals surface area contributed by atoms with Crippen molar-refractivity contribution in [1.82, 2.24) is 10.4 Å². The number of nitrogens with zero attached hydrogens (tertiary/aromatic N) is 1. The molecule has 12 heavy (non-hydrogen) atoms. The average molecular weight is 172 g/mol. The van der Waals surface area contributed by atoms with Gasteiger partial charge in [-0.2, -0.15) is 0 Å². The lowest BCUT2D eigenvalue weighted by atomic mass is 10.2. The molecule has 5 nitrogen and oxygen atoms in total.